The number of rotatable bonds is 6. The number of hydrogen-bond donors (Lipinski definition) is 3. The number of benzene rings is 2. The van der Waals surface area contributed by atoms with Gasteiger partial charge in [-0.15, -0.1) is 11.3 Å². The summed E-state index contributed by atoms with van der Waals surface area (Å²) in [5.74, 6) is -2.66. The second-order valence-electron chi connectivity index (χ2n) is 6.32. The summed E-state index contributed by atoms with van der Waals surface area (Å²) in [4.78, 5) is 35.4. The van der Waals surface area contributed by atoms with Crippen LogP contribution >= 0.6 is 22.9 Å². The van der Waals surface area contributed by atoms with Crippen LogP contribution in [0.5, 0.6) is 17.2 Å². The van der Waals surface area contributed by atoms with E-state index in [4.69, 9.17) is 21.4 Å². The Morgan fingerprint density at radius 2 is 1.93 bits per heavy atom. The third-order valence-corrected chi connectivity index (χ3v) is 5.24. The molecule has 0 saturated carbocycles. The van der Waals surface area contributed by atoms with Crippen LogP contribution in [0.15, 0.2) is 47.8 Å². The van der Waals surface area contributed by atoms with E-state index in [1.54, 1.807) is 6.92 Å². The number of nitrogens with one attached hydrogen (secondary N) is 1. The number of aliphatic carboxylic acids is 1. The zero-order valence-corrected chi connectivity index (χ0v) is 17.2. The Labute approximate surface area is 180 Å². The number of hydrogen-bond acceptors (Lipinski definition) is 6. The summed E-state index contributed by atoms with van der Waals surface area (Å²) in [5.41, 5.74) is 0.859. The summed E-state index contributed by atoms with van der Waals surface area (Å²) in [7, 11) is 0. The summed E-state index contributed by atoms with van der Waals surface area (Å²) >= 11 is 7.69. The Morgan fingerprint density at radius 3 is 2.57 bits per heavy atom. The molecule has 3 rings (SSSR count). The molecular weight excluding hydrogens is 430 g/mol. The first-order chi connectivity index (χ1) is 14.2. The maximum absolute atomic E-state index is 12.6. The van der Waals surface area contributed by atoms with Crippen LogP contribution in [0, 0.1) is 6.92 Å². The summed E-state index contributed by atoms with van der Waals surface area (Å²) < 4.78 is 5.81. The molecule has 0 bridgehead atoms. The third kappa shape index (κ3) is 4.97. The fourth-order valence-corrected chi connectivity index (χ4v) is 3.71. The number of phenolic OH excluding ortho intramolecular Hbond substituents is 1. The minimum atomic E-state index is -1.62. The summed E-state index contributed by atoms with van der Waals surface area (Å²) in [6.45, 7) is 1.67. The quantitative estimate of drug-likeness (QED) is 0.376. The highest BCUT2D eigenvalue weighted by atomic mass is 35.5. The van der Waals surface area contributed by atoms with Crippen LogP contribution < -0.4 is 10.1 Å². The van der Waals surface area contributed by atoms with Crippen molar-refractivity contribution in [2.45, 2.75) is 13.3 Å². The number of aromatic hydroxyl groups is 1. The molecule has 0 radical (unpaired) electrons. The first-order valence-corrected chi connectivity index (χ1v) is 9.91. The van der Waals surface area contributed by atoms with Gasteiger partial charge in [0.1, 0.15) is 17.2 Å². The first-order valence-electron chi connectivity index (χ1n) is 8.65. The van der Waals surface area contributed by atoms with E-state index in [1.165, 1.54) is 41.7 Å². The number of halogens is 1. The molecule has 0 atom stereocenters. The molecule has 3 N–H and O–H groups in total. The number of carbonyl (C=O) groups excluding carboxylic acids is 2. The Hall–Kier alpha value is -3.36. The second kappa shape index (κ2) is 8.98. The number of aryl methyl sites for hydroxylation is 1. The lowest BCUT2D eigenvalue weighted by molar-refractivity contribution is -0.147. The molecule has 7 nitrogen and oxygen atoms in total. The van der Waals surface area contributed by atoms with Gasteiger partial charge in [0, 0.05) is 17.0 Å². The molecule has 1 heterocycles. The standard InChI is InChI=1S/C21H16ClNO6S/c1-11-7-12(23-20(26)21(27)28)8-16(22)19(11)29-13-4-5-17(24)15(9-13)18(25)10-14-3-2-6-30-14/h2-9,24H,10H2,1H3,(H,23,26)(H,27,28). The Bertz CT molecular complexity index is 1100. The molecule has 9 heteroatoms. The van der Waals surface area contributed by atoms with E-state index in [-0.39, 0.29) is 45.7 Å². The molecular formula is C21H16ClNO6S. The van der Waals surface area contributed by atoms with E-state index in [2.05, 4.69) is 5.32 Å². The monoisotopic (exact) mass is 445 g/mol. The number of Topliss-reactive ketones (excluding diaryl/α,β-unsaturated/α-hetero) is 1. The van der Waals surface area contributed by atoms with Gasteiger partial charge in [0.2, 0.25) is 0 Å². The zero-order chi connectivity index (χ0) is 21.8. The number of carboxylic acid groups (broad SMARTS) is 1. The van der Waals surface area contributed by atoms with Crippen LogP contribution in [-0.4, -0.2) is 27.9 Å². The Morgan fingerprint density at radius 1 is 1.17 bits per heavy atom. The molecule has 0 aliphatic rings. The van der Waals surface area contributed by atoms with Gasteiger partial charge in [-0.1, -0.05) is 17.7 Å². The number of anilines is 1. The minimum absolute atomic E-state index is 0.125. The zero-order valence-electron chi connectivity index (χ0n) is 15.6. The van der Waals surface area contributed by atoms with Crippen molar-refractivity contribution >= 4 is 46.3 Å². The highest BCUT2D eigenvalue weighted by molar-refractivity contribution is 7.10. The molecule has 1 aromatic heterocycles. The number of amides is 1. The van der Waals surface area contributed by atoms with E-state index >= 15 is 0 Å². The predicted octanol–water partition coefficient (Wildman–Crippen LogP) is 4.66. The molecule has 2 aromatic carbocycles. The van der Waals surface area contributed by atoms with Crippen molar-refractivity contribution < 1.29 is 29.3 Å². The van der Waals surface area contributed by atoms with Crippen molar-refractivity contribution in [3.63, 3.8) is 0 Å². The highest BCUT2D eigenvalue weighted by Crippen LogP contribution is 2.36. The van der Waals surface area contributed by atoms with Gasteiger partial charge >= 0.3 is 11.9 Å². The van der Waals surface area contributed by atoms with Gasteiger partial charge in [-0.2, -0.15) is 0 Å². The predicted molar refractivity (Wildman–Crippen MR) is 113 cm³/mol. The largest absolute Gasteiger partial charge is 0.507 e. The topological polar surface area (TPSA) is 113 Å². The summed E-state index contributed by atoms with van der Waals surface area (Å²) in [6.07, 6.45) is 0.159. The summed E-state index contributed by atoms with van der Waals surface area (Å²) in [6, 6.07) is 10.8. The molecule has 0 saturated heterocycles. The van der Waals surface area contributed by atoms with Crippen LogP contribution in [0.1, 0.15) is 20.8 Å². The number of thiophene rings is 1. The molecule has 0 aliphatic heterocycles. The summed E-state index contributed by atoms with van der Waals surface area (Å²) in [5, 5.41) is 23.0. The molecule has 0 unspecified atom stereocenters. The molecule has 0 aliphatic carbocycles. The number of carbonyl (C=O) groups is 3. The second-order valence-corrected chi connectivity index (χ2v) is 7.76. The van der Waals surface area contributed by atoms with Crippen molar-refractivity contribution in [2.24, 2.45) is 0 Å². The lowest BCUT2D eigenvalue weighted by Crippen LogP contribution is -2.21. The average molecular weight is 446 g/mol. The number of carboxylic acids is 1. The van der Waals surface area contributed by atoms with Crippen molar-refractivity contribution in [3.8, 4) is 17.2 Å². The van der Waals surface area contributed by atoms with E-state index in [0.717, 1.165) is 4.88 Å². The molecule has 1 amide bonds. The first kappa shape index (κ1) is 21.4. The Kier molecular flexibility index (Phi) is 6.39. The van der Waals surface area contributed by atoms with Crippen molar-refractivity contribution in [1.29, 1.82) is 0 Å². The number of ketones is 1. The third-order valence-electron chi connectivity index (χ3n) is 4.08. The van der Waals surface area contributed by atoms with Crippen molar-refractivity contribution in [1.82, 2.24) is 0 Å². The molecule has 30 heavy (non-hydrogen) atoms. The van der Waals surface area contributed by atoms with Gasteiger partial charge in [-0.3, -0.25) is 9.59 Å². The number of ether oxygens (including phenoxy) is 1. The van der Waals surface area contributed by atoms with Gasteiger partial charge in [-0.25, -0.2) is 4.79 Å². The van der Waals surface area contributed by atoms with Gasteiger partial charge < -0.3 is 20.3 Å². The van der Waals surface area contributed by atoms with Crippen LogP contribution in [0.2, 0.25) is 5.02 Å². The SMILES string of the molecule is Cc1cc(NC(=O)C(=O)O)cc(Cl)c1Oc1ccc(O)c(C(=O)Cc2cccs2)c1. The highest BCUT2D eigenvalue weighted by Gasteiger charge is 2.17. The van der Waals surface area contributed by atoms with Crippen LogP contribution in [-0.2, 0) is 16.0 Å². The van der Waals surface area contributed by atoms with Crippen LogP contribution in [0.4, 0.5) is 5.69 Å². The molecule has 0 fully saturated rings. The number of phenols is 1. The molecule has 0 spiro atoms. The Balaban J connectivity index is 1.83. The van der Waals surface area contributed by atoms with E-state index < -0.39 is 11.9 Å². The van der Waals surface area contributed by atoms with Gasteiger partial charge in [0.25, 0.3) is 0 Å². The lowest BCUT2D eigenvalue weighted by Gasteiger charge is -2.14. The fourth-order valence-electron chi connectivity index (χ4n) is 2.70. The van der Waals surface area contributed by atoms with E-state index in [0.29, 0.717) is 5.56 Å². The van der Waals surface area contributed by atoms with Gasteiger partial charge in [0.05, 0.1) is 10.6 Å². The molecule has 3 aromatic rings. The normalized spacial score (nSPS) is 10.5. The molecule has 154 valence electrons. The average Bonchev–Trinajstić information content (AvgIpc) is 3.18. The maximum Gasteiger partial charge on any atom is 0.394 e. The lowest BCUT2D eigenvalue weighted by atomic mass is 10.1. The van der Waals surface area contributed by atoms with Gasteiger partial charge in [0.15, 0.2) is 5.78 Å². The van der Waals surface area contributed by atoms with Gasteiger partial charge in [-0.05, 0) is 54.3 Å². The maximum atomic E-state index is 12.6. The van der Waals surface area contributed by atoms with Crippen LogP contribution in [0.25, 0.3) is 0 Å². The fraction of sp³-hybridized carbons (Fsp3) is 0.0952. The van der Waals surface area contributed by atoms with Crippen molar-refractivity contribution in [3.05, 3.63) is 68.9 Å². The smallest absolute Gasteiger partial charge is 0.394 e. The van der Waals surface area contributed by atoms with E-state index in [1.807, 2.05) is 17.5 Å². The van der Waals surface area contributed by atoms with Crippen LogP contribution in [0.3, 0.4) is 0 Å². The van der Waals surface area contributed by atoms with Crippen molar-refractivity contribution in [2.75, 3.05) is 5.32 Å². The minimum Gasteiger partial charge on any atom is -0.507 e. The van der Waals surface area contributed by atoms with E-state index in [9.17, 15) is 19.5 Å².